The third kappa shape index (κ3) is 3.17. The maximum absolute atomic E-state index is 12.0. The van der Waals surface area contributed by atoms with Crippen LogP contribution in [0.4, 0.5) is 0 Å². The molecule has 0 radical (unpaired) electrons. The van der Waals surface area contributed by atoms with Gasteiger partial charge in [-0.3, -0.25) is 20.4 Å². The largest absolute Gasteiger partial charge is 0.469 e. The van der Waals surface area contributed by atoms with Crippen LogP contribution in [0.3, 0.4) is 0 Å². The van der Waals surface area contributed by atoms with Crippen LogP contribution in [0.1, 0.15) is 34.2 Å². The van der Waals surface area contributed by atoms with E-state index in [0.29, 0.717) is 11.3 Å². The van der Waals surface area contributed by atoms with E-state index in [2.05, 4.69) is 17.8 Å². The number of hydrogen-bond acceptors (Lipinski definition) is 4. The van der Waals surface area contributed by atoms with Gasteiger partial charge in [0, 0.05) is 10.9 Å². The van der Waals surface area contributed by atoms with Crippen LogP contribution >= 0.6 is 0 Å². The van der Waals surface area contributed by atoms with Crippen LogP contribution in [-0.2, 0) is 17.6 Å². The Morgan fingerprint density at radius 2 is 1.96 bits per heavy atom. The van der Waals surface area contributed by atoms with Crippen molar-refractivity contribution in [1.82, 2.24) is 10.9 Å². The fourth-order valence-electron chi connectivity index (χ4n) is 2.52. The molecule has 0 atom stereocenters. The lowest BCUT2D eigenvalue weighted by molar-refractivity contribution is -0.121. The molecule has 6 nitrogen and oxygen atoms in total. The fraction of sp³-hybridized carbons (Fsp3) is 0.222. The molecule has 2 heterocycles. The molecule has 2 amide bonds. The van der Waals surface area contributed by atoms with Gasteiger partial charge in [-0.25, -0.2) is 0 Å². The molecular formula is C18H18N2O4. The number of rotatable bonds is 4. The number of aryl methyl sites for hydroxylation is 2. The van der Waals surface area contributed by atoms with Gasteiger partial charge in [-0.2, -0.15) is 0 Å². The van der Waals surface area contributed by atoms with Crippen molar-refractivity contribution >= 4 is 22.8 Å². The van der Waals surface area contributed by atoms with Crippen molar-refractivity contribution in [3.63, 3.8) is 0 Å². The van der Waals surface area contributed by atoms with Crippen molar-refractivity contribution in [2.24, 2.45) is 0 Å². The summed E-state index contributed by atoms with van der Waals surface area (Å²) in [5.74, 6) is -0.250. The Morgan fingerprint density at radius 3 is 2.67 bits per heavy atom. The molecule has 0 aliphatic carbocycles. The second-order valence-electron chi connectivity index (χ2n) is 5.51. The monoisotopic (exact) mass is 326 g/mol. The third-order valence-corrected chi connectivity index (χ3v) is 3.90. The van der Waals surface area contributed by atoms with E-state index in [9.17, 15) is 9.59 Å². The van der Waals surface area contributed by atoms with E-state index in [0.717, 1.165) is 23.0 Å². The van der Waals surface area contributed by atoms with Crippen LogP contribution in [0.15, 0.2) is 45.6 Å². The van der Waals surface area contributed by atoms with Crippen molar-refractivity contribution in [1.29, 1.82) is 0 Å². The molecule has 6 heteroatoms. The fourth-order valence-corrected chi connectivity index (χ4v) is 2.52. The predicted octanol–water partition coefficient (Wildman–Crippen LogP) is 2.90. The van der Waals surface area contributed by atoms with E-state index in [1.54, 1.807) is 19.3 Å². The lowest BCUT2D eigenvalue weighted by atomic mass is 10.1. The lowest BCUT2D eigenvalue weighted by Crippen LogP contribution is -2.42. The second-order valence-corrected chi connectivity index (χ2v) is 5.51. The number of benzene rings is 1. The van der Waals surface area contributed by atoms with Crippen molar-refractivity contribution in [2.45, 2.75) is 26.7 Å². The Hall–Kier alpha value is -3.02. The summed E-state index contributed by atoms with van der Waals surface area (Å²) < 4.78 is 10.6. The highest BCUT2D eigenvalue weighted by molar-refractivity contribution is 5.96. The van der Waals surface area contributed by atoms with Gasteiger partial charge < -0.3 is 8.83 Å². The Labute approximate surface area is 138 Å². The maximum atomic E-state index is 12.0. The summed E-state index contributed by atoms with van der Waals surface area (Å²) in [5, 5.41) is 0.902. The smallest absolute Gasteiger partial charge is 0.273 e. The van der Waals surface area contributed by atoms with Crippen molar-refractivity contribution in [2.75, 3.05) is 0 Å². The zero-order valence-electron chi connectivity index (χ0n) is 13.5. The first-order valence-corrected chi connectivity index (χ1v) is 7.70. The first kappa shape index (κ1) is 15.9. The number of fused-ring (bicyclic) bond motifs is 1. The standard InChI is InChI=1S/C18H18N2O4/c1-3-12-4-5-15-13(10-24-16(15)8-12)9-17(21)19-20-18(22)14-6-7-23-11(14)2/h4-8,10H,3,9H2,1-2H3,(H,19,21)(H,20,22). The lowest BCUT2D eigenvalue weighted by Gasteiger charge is -2.06. The zero-order chi connectivity index (χ0) is 17.1. The molecule has 2 N–H and O–H groups in total. The number of carbonyl (C=O) groups is 2. The summed E-state index contributed by atoms with van der Waals surface area (Å²) in [5.41, 5.74) is 7.87. The van der Waals surface area contributed by atoms with Gasteiger partial charge in [0.05, 0.1) is 24.5 Å². The number of furan rings is 2. The van der Waals surface area contributed by atoms with E-state index in [-0.39, 0.29) is 12.3 Å². The topological polar surface area (TPSA) is 84.5 Å². The van der Waals surface area contributed by atoms with Gasteiger partial charge in [0.2, 0.25) is 5.91 Å². The number of hydrazine groups is 1. The summed E-state index contributed by atoms with van der Waals surface area (Å²) in [6.07, 6.45) is 4.04. The molecule has 0 fully saturated rings. The van der Waals surface area contributed by atoms with Gasteiger partial charge in [0.15, 0.2) is 0 Å². The minimum Gasteiger partial charge on any atom is -0.469 e. The molecule has 0 bridgehead atoms. The Balaban J connectivity index is 1.63. The van der Waals surface area contributed by atoms with E-state index < -0.39 is 5.91 Å². The summed E-state index contributed by atoms with van der Waals surface area (Å²) >= 11 is 0. The van der Waals surface area contributed by atoms with Crippen molar-refractivity contribution in [3.8, 4) is 0 Å². The van der Waals surface area contributed by atoms with Crippen LogP contribution in [-0.4, -0.2) is 11.8 Å². The van der Waals surface area contributed by atoms with Crippen LogP contribution in [0.5, 0.6) is 0 Å². The quantitative estimate of drug-likeness (QED) is 0.722. The van der Waals surface area contributed by atoms with E-state index >= 15 is 0 Å². The van der Waals surface area contributed by atoms with Gasteiger partial charge >= 0.3 is 0 Å². The Kier molecular flexibility index (Phi) is 4.37. The van der Waals surface area contributed by atoms with Crippen LogP contribution in [0, 0.1) is 6.92 Å². The first-order chi connectivity index (χ1) is 11.6. The molecule has 2 aromatic heterocycles. The number of hydrogen-bond donors (Lipinski definition) is 2. The molecule has 3 aromatic rings. The molecule has 0 saturated heterocycles. The van der Waals surface area contributed by atoms with Gasteiger partial charge in [-0.1, -0.05) is 19.1 Å². The minimum absolute atomic E-state index is 0.114. The van der Waals surface area contributed by atoms with Gasteiger partial charge in [0.25, 0.3) is 5.91 Å². The van der Waals surface area contributed by atoms with E-state index in [4.69, 9.17) is 8.83 Å². The van der Waals surface area contributed by atoms with Gasteiger partial charge in [0.1, 0.15) is 11.3 Å². The van der Waals surface area contributed by atoms with Gasteiger partial charge in [-0.05, 0) is 31.0 Å². The molecule has 0 saturated carbocycles. The maximum Gasteiger partial charge on any atom is 0.273 e. The molecule has 0 unspecified atom stereocenters. The Bertz CT molecular complexity index is 891. The highest BCUT2D eigenvalue weighted by Gasteiger charge is 2.14. The molecule has 0 aliphatic heterocycles. The molecule has 3 rings (SSSR count). The molecule has 0 spiro atoms. The highest BCUT2D eigenvalue weighted by atomic mass is 16.3. The number of nitrogens with one attached hydrogen (secondary N) is 2. The highest BCUT2D eigenvalue weighted by Crippen LogP contribution is 2.23. The minimum atomic E-state index is -0.417. The molecule has 124 valence electrons. The summed E-state index contributed by atoms with van der Waals surface area (Å²) in [6, 6.07) is 7.49. The number of carbonyl (C=O) groups excluding carboxylic acids is 2. The SMILES string of the molecule is CCc1ccc2c(CC(=O)NNC(=O)c3ccoc3C)coc2c1. The molecule has 0 aliphatic rings. The van der Waals surface area contributed by atoms with E-state index in [1.807, 2.05) is 18.2 Å². The first-order valence-electron chi connectivity index (χ1n) is 7.70. The Morgan fingerprint density at radius 1 is 1.12 bits per heavy atom. The summed E-state index contributed by atoms with van der Waals surface area (Å²) in [7, 11) is 0. The predicted molar refractivity (Wildman–Crippen MR) is 88.3 cm³/mol. The van der Waals surface area contributed by atoms with Gasteiger partial charge in [-0.15, -0.1) is 0 Å². The van der Waals surface area contributed by atoms with Crippen LogP contribution in [0.2, 0.25) is 0 Å². The van der Waals surface area contributed by atoms with Crippen LogP contribution in [0.25, 0.3) is 11.0 Å². The summed E-state index contributed by atoms with van der Waals surface area (Å²) in [4.78, 5) is 24.0. The average molecular weight is 326 g/mol. The summed E-state index contributed by atoms with van der Waals surface area (Å²) in [6.45, 7) is 3.75. The zero-order valence-corrected chi connectivity index (χ0v) is 13.5. The normalized spacial score (nSPS) is 10.8. The molecular weight excluding hydrogens is 308 g/mol. The van der Waals surface area contributed by atoms with Crippen LogP contribution < -0.4 is 10.9 Å². The second kappa shape index (κ2) is 6.62. The van der Waals surface area contributed by atoms with Crippen molar-refractivity contribution < 1.29 is 18.4 Å². The number of amides is 2. The average Bonchev–Trinajstić information content (AvgIpc) is 3.18. The molecule has 24 heavy (non-hydrogen) atoms. The molecule has 1 aromatic carbocycles. The third-order valence-electron chi connectivity index (χ3n) is 3.90. The van der Waals surface area contributed by atoms with E-state index in [1.165, 1.54) is 11.8 Å². The van der Waals surface area contributed by atoms with Crippen molar-refractivity contribution in [3.05, 3.63) is 59.2 Å².